The van der Waals surface area contributed by atoms with Gasteiger partial charge in [0, 0.05) is 0 Å². The summed E-state index contributed by atoms with van der Waals surface area (Å²) >= 11 is 3.57. The first-order valence-corrected chi connectivity index (χ1v) is 9.00. The van der Waals surface area contributed by atoms with E-state index in [-0.39, 0.29) is 11.5 Å². The molecule has 21 heavy (non-hydrogen) atoms. The molecular formula is C18H23BrO2. The van der Waals surface area contributed by atoms with Gasteiger partial charge in [-0.1, -0.05) is 13.0 Å². The highest BCUT2D eigenvalue weighted by molar-refractivity contribution is 9.10. The number of aliphatic hydroxyl groups is 1. The first-order valence-electron chi connectivity index (χ1n) is 8.20. The molecule has 1 aromatic rings. The third-order valence-corrected chi connectivity index (χ3v) is 7.66. The second-order valence-electron chi connectivity index (χ2n) is 7.52. The minimum absolute atomic E-state index is 0.101. The molecule has 0 saturated heterocycles. The van der Waals surface area contributed by atoms with E-state index in [1.54, 1.807) is 0 Å². The number of rotatable bonds is 0. The van der Waals surface area contributed by atoms with Gasteiger partial charge in [0.15, 0.2) is 0 Å². The van der Waals surface area contributed by atoms with Gasteiger partial charge in [0.25, 0.3) is 0 Å². The van der Waals surface area contributed by atoms with E-state index < -0.39 is 0 Å². The number of phenolic OH excluding ortho intramolecular Hbond substituents is 1. The minimum atomic E-state index is -0.101. The van der Waals surface area contributed by atoms with Crippen LogP contribution in [-0.4, -0.2) is 16.3 Å². The molecule has 114 valence electrons. The van der Waals surface area contributed by atoms with Gasteiger partial charge in [-0.05, 0) is 94.8 Å². The molecule has 3 aliphatic carbocycles. The fourth-order valence-electron chi connectivity index (χ4n) is 5.58. The van der Waals surface area contributed by atoms with Gasteiger partial charge in [0.05, 0.1) is 10.6 Å². The third-order valence-electron chi connectivity index (χ3n) is 6.77. The van der Waals surface area contributed by atoms with Crippen LogP contribution in [-0.2, 0) is 6.42 Å². The first kappa shape index (κ1) is 14.1. The van der Waals surface area contributed by atoms with Crippen molar-refractivity contribution >= 4 is 15.9 Å². The molecule has 0 aliphatic heterocycles. The SMILES string of the molecule is C[C@]12CC[C@@H]3c4ccc(O)c(Br)c4CC[C@H]3[C@@H]1CCC2O. The van der Waals surface area contributed by atoms with Crippen molar-refractivity contribution in [2.75, 3.05) is 0 Å². The van der Waals surface area contributed by atoms with Gasteiger partial charge in [0.2, 0.25) is 0 Å². The summed E-state index contributed by atoms with van der Waals surface area (Å²) in [6, 6.07) is 3.98. The van der Waals surface area contributed by atoms with Crippen molar-refractivity contribution in [1.29, 1.82) is 0 Å². The van der Waals surface area contributed by atoms with Crippen molar-refractivity contribution < 1.29 is 10.2 Å². The Labute approximate surface area is 134 Å². The van der Waals surface area contributed by atoms with E-state index >= 15 is 0 Å². The van der Waals surface area contributed by atoms with Crippen LogP contribution >= 0.6 is 15.9 Å². The van der Waals surface area contributed by atoms with Crippen LogP contribution < -0.4 is 0 Å². The van der Waals surface area contributed by atoms with Crippen molar-refractivity contribution in [2.24, 2.45) is 17.3 Å². The minimum Gasteiger partial charge on any atom is -0.507 e. The average Bonchev–Trinajstić information content (AvgIpc) is 2.78. The zero-order valence-electron chi connectivity index (χ0n) is 12.5. The molecule has 0 radical (unpaired) electrons. The lowest BCUT2D eigenvalue weighted by Crippen LogP contribution is -2.43. The van der Waals surface area contributed by atoms with Gasteiger partial charge >= 0.3 is 0 Å². The van der Waals surface area contributed by atoms with Crippen LogP contribution in [0.3, 0.4) is 0 Å². The molecule has 2 nitrogen and oxygen atoms in total. The highest BCUT2D eigenvalue weighted by Crippen LogP contribution is 2.61. The second kappa shape index (κ2) is 4.73. The lowest BCUT2D eigenvalue weighted by Gasteiger charge is -2.50. The Balaban J connectivity index is 1.74. The molecule has 1 aromatic carbocycles. The molecule has 1 unspecified atom stereocenters. The smallest absolute Gasteiger partial charge is 0.130 e. The van der Waals surface area contributed by atoms with E-state index in [9.17, 15) is 10.2 Å². The number of aromatic hydroxyl groups is 1. The number of aliphatic hydroxyl groups excluding tert-OH is 1. The maximum Gasteiger partial charge on any atom is 0.130 e. The standard InChI is InChI=1S/C18H23BrO2/c1-18-9-8-11-10-4-6-15(20)17(19)13(10)3-2-12(11)14(18)5-7-16(18)21/h4,6,11-12,14,16,20-21H,2-3,5,7-9H2,1H3/t11-,12-,14+,16?,18+/m1/s1. The quantitative estimate of drug-likeness (QED) is 0.729. The van der Waals surface area contributed by atoms with Crippen LogP contribution in [0.5, 0.6) is 5.75 Å². The van der Waals surface area contributed by atoms with Crippen molar-refractivity contribution in [3.63, 3.8) is 0 Å². The molecule has 2 N–H and O–H groups in total. The zero-order chi connectivity index (χ0) is 14.8. The van der Waals surface area contributed by atoms with Crippen LogP contribution in [0, 0.1) is 17.3 Å². The Morgan fingerprint density at radius 2 is 2.00 bits per heavy atom. The molecule has 2 fully saturated rings. The molecule has 0 amide bonds. The largest absolute Gasteiger partial charge is 0.507 e. The predicted octanol–water partition coefficient (Wildman–Crippen LogP) is 4.37. The Hall–Kier alpha value is -0.540. The number of halogens is 1. The zero-order valence-corrected chi connectivity index (χ0v) is 14.1. The summed E-state index contributed by atoms with van der Waals surface area (Å²) in [5.41, 5.74) is 2.91. The van der Waals surface area contributed by atoms with Crippen molar-refractivity contribution in [3.8, 4) is 5.75 Å². The summed E-state index contributed by atoms with van der Waals surface area (Å²) in [7, 11) is 0. The van der Waals surface area contributed by atoms with Crippen molar-refractivity contribution in [1.82, 2.24) is 0 Å². The molecule has 3 heteroatoms. The average molecular weight is 351 g/mol. The number of hydrogen-bond acceptors (Lipinski definition) is 2. The maximum atomic E-state index is 10.4. The molecule has 4 rings (SSSR count). The summed E-state index contributed by atoms with van der Waals surface area (Å²) in [6.07, 6.45) is 6.64. The maximum absolute atomic E-state index is 10.4. The Morgan fingerprint density at radius 3 is 2.81 bits per heavy atom. The monoisotopic (exact) mass is 350 g/mol. The number of fused-ring (bicyclic) bond motifs is 5. The lowest BCUT2D eigenvalue weighted by molar-refractivity contribution is -0.0226. The highest BCUT2D eigenvalue weighted by atomic mass is 79.9. The van der Waals surface area contributed by atoms with Gasteiger partial charge in [-0.2, -0.15) is 0 Å². The van der Waals surface area contributed by atoms with Crippen LogP contribution in [0.4, 0.5) is 0 Å². The summed E-state index contributed by atoms with van der Waals surface area (Å²) in [5, 5.41) is 20.3. The van der Waals surface area contributed by atoms with Gasteiger partial charge in [-0.25, -0.2) is 0 Å². The van der Waals surface area contributed by atoms with Gasteiger partial charge in [-0.3, -0.25) is 0 Å². The van der Waals surface area contributed by atoms with Crippen LogP contribution in [0.2, 0.25) is 0 Å². The predicted molar refractivity (Wildman–Crippen MR) is 86.4 cm³/mol. The fourth-order valence-corrected chi connectivity index (χ4v) is 6.14. The second-order valence-corrected chi connectivity index (χ2v) is 8.31. The van der Waals surface area contributed by atoms with Gasteiger partial charge in [0.1, 0.15) is 5.75 Å². The Bertz CT molecular complexity index is 585. The number of benzene rings is 1. The topological polar surface area (TPSA) is 40.5 Å². The van der Waals surface area contributed by atoms with Crippen LogP contribution in [0.1, 0.15) is 56.1 Å². The van der Waals surface area contributed by atoms with E-state index in [4.69, 9.17) is 0 Å². The molecule has 0 heterocycles. The van der Waals surface area contributed by atoms with E-state index in [0.29, 0.717) is 23.5 Å². The molecule has 5 atom stereocenters. The van der Waals surface area contributed by atoms with Crippen molar-refractivity contribution in [2.45, 2.75) is 57.5 Å². The number of phenols is 1. The third kappa shape index (κ3) is 1.86. The summed E-state index contributed by atoms with van der Waals surface area (Å²) < 4.78 is 0.901. The molecule has 0 aromatic heterocycles. The Morgan fingerprint density at radius 1 is 1.19 bits per heavy atom. The molecular weight excluding hydrogens is 328 g/mol. The molecule has 2 saturated carbocycles. The van der Waals surface area contributed by atoms with E-state index in [2.05, 4.69) is 28.9 Å². The number of hydrogen-bond donors (Lipinski definition) is 2. The van der Waals surface area contributed by atoms with Gasteiger partial charge in [-0.15, -0.1) is 0 Å². The van der Waals surface area contributed by atoms with E-state index in [1.165, 1.54) is 30.4 Å². The summed E-state index contributed by atoms with van der Waals surface area (Å²) in [4.78, 5) is 0. The van der Waals surface area contributed by atoms with E-state index in [1.807, 2.05) is 6.07 Å². The fraction of sp³-hybridized carbons (Fsp3) is 0.667. The lowest BCUT2D eigenvalue weighted by atomic mass is 9.55. The van der Waals surface area contributed by atoms with Crippen molar-refractivity contribution in [3.05, 3.63) is 27.7 Å². The van der Waals surface area contributed by atoms with Crippen LogP contribution in [0.15, 0.2) is 16.6 Å². The molecule has 0 spiro atoms. The van der Waals surface area contributed by atoms with Gasteiger partial charge < -0.3 is 10.2 Å². The first-order chi connectivity index (χ1) is 10.0. The summed E-state index contributed by atoms with van der Waals surface area (Å²) in [6.45, 7) is 2.31. The normalized spacial score (nSPS) is 41.3. The van der Waals surface area contributed by atoms with E-state index in [0.717, 1.165) is 23.7 Å². The Kier molecular flexibility index (Phi) is 3.17. The highest BCUT2D eigenvalue weighted by Gasteiger charge is 2.54. The summed E-state index contributed by atoms with van der Waals surface area (Å²) in [5.74, 6) is 2.37. The molecule has 3 aliphatic rings. The van der Waals surface area contributed by atoms with Crippen LogP contribution in [0.25, 0.3) is 0 Å². The molecule has 0 bridgehead atoms.